The van der Waals surface area contributed by atoms with Crippen LogP contribution in [0.4, 0.5) is 5.95 Å². The molecular weight excluding hydrogens is 278 g/mol. The van der Waals surface area contributed by atoms with Crippen LogP contribution < -0.4 is 11.0 Å². The molecule has 0 spiro atoms. The molecular formula is C16H21N5O. The third-order valence-corrected chi connectivity index (χ3v) is 3.38. The standard InChI is InChI=1S/C16H21N5O/c1-4-5-6-13-7-9-14(10-8-13)11(2)18-20-16-17-15(22)12(3)19-21-16/h7-10H,4-6H2,1-3H3,(H2,17,20,21,22)/b18-11-. The lowest BCUT2D eigenvalue weighted by molar-refractivity contribution is 0.795. The van der Waals surface area contributed by atoms with Crippen LogP contribution in [0.3, 0.4) is 0 Å². The molecule has 0 amide bonds. The van der Waals surface area contributed by atoms with Crippen molar-refractivity contribution in [2.24, 2.45) is 5.10 Å². The van der Waals surface area contributed by atoms with Crippen molar-refractivity contribution in [1.29, 1.82) is 0 Å². The van der Waals surface area contributed by atoms with Gasteiger partial charge in [0.25, 0.3) is 5.56 Å². The van der Waals surface area contributed by atoms with Gasteiger partial charge in [-0.25, -0.2) is 5.43 Å². The Kier molecular flexibility index (Phi) is 5.41. The van der Waals surface area contributed by atoms with Crippen LogP contribution >= 0.6 is 0 Å². The molecule has 0 aliphatic rings. The molecule has 0 unspecified atom stereocenters. The van der Waals surface area contributed by atoms with Crippen molar-refractivity contribution in [3.8, 4) is 0 Å². The maximum Gasteiger partial charge on any atom is 0.274 e. The first-order valence-electron chi connectivity index (χ1n) is 7.43. The number of aryl methyl sites for hydroxylation is 2. The van der Waals surface area contributed by atoms with Crippen LogP contribution in [0.15, 0.2) is 34.2 Å². The van der Waals surface area contributed by atoms with Gasteiger partial charge >= 0.3 is 0 Å². The summed E-state index contributed by atoms with van der Waals surface area (Å²) in [6.45, 7) is 5.69. The van der Waals surface area contributed by atoms with Gasteiger partial charge in [0.2, 0.25) is 5.95 Å². The van der Waals surface area contributed by atoms with E-state index >= 15 is 0 Å². The summed E-state index contributed by atoms with van der Waals surface area (Å²) in [7, 11) is 0. The fourth-order valence-corrected chi connectivity index (χ4v) is 1.94. The van der Waals surface area contributed by atoms with E-state index in [2.05, 4.69) is 56.9 Å². The van der Waals surface area contributed by atoms with Gasteiger partial charge in [0.05, 0.1) is 5.71 Å². The lowest BCUT2D eigenvalue weighted by atomic mass is 10.0. The maximum atomic E-state index is 11.4. The van der Waals surface area contributed by atoms with Crippen LogP contribution in [-0.2, 0) is 6.42 Å². The molecule has 0 fully saturated rings. The molecule has 6 heteroatoms. The van der Waals surface area contributed by atoms with Gasteiger partial charge in [-0.1, -0.05) is 37.6 Å². The number of hydrogen-bond donors (Lipinski definition) is 2. The molecule has 0 atom stereocenters. The highest BCUT2D eigenvalue weighted by atomic mass is 16.1. The summed E-state index contributed by atoms with van der Waals surface area (Å²) in [6, 6.07) is 8.35. The topological polar surface area (TPSA) is 83.0 Å². The monoisotopic (exact) mass is 299 g/mol. The molecule has 0 aliphatic heterocycles. The third-order valence-electron chi connectivity index (χ3n) is 3.38. The first-order chi connectivity index (χ1) is 10.6. The van der Waals surface area contributed by atoms with Crippen LogP contribution in [0.1, 0.15) is 43.5 Å². The van der Waals surface area contributed by atoms with Crippen LogP contribution in [0.5, 0.6) is 0 Å². The van der Waals surface area contributed by atoms with Crippen molar-refractivity contribution in [2.75, 3.05) is 5.43 Å². The molecule has 116 valence electrons. The van der Waals surface area contributed by atoms with Crippen molar-refractivity contribution >= 4 is 11.7 Å². The molecule has 0 bridgehead atoms. The number of hydrogen-bond acceptors (Lipinski definition) is 5. The second-order valence-corrected chi connectivity index (χ2v) is 5.20. The lowest BCUT2D eigenvalue weighted by Crippen LogP contribution is -2.16. The lowest BCUT2D eigenvalue weighted by Gasteiger charge is -2.04. The second kappa shape index (κ2) is 7.49. The molecule has 2 rings (SSSR count). The van der Waals surface area contributed by atoms with E-state index in [9.17, 15) is 4.79 Å². The van der Waals surface area contributed by atoms with Gasteiger partial charge in [0, 0.05) is 0 Å². The Morgan fingerprint density at radius 2 is 2.00 bits per heavy atom. The second-order valence-electron chi connectivity index (χ2n) is 5.20. The minimum atomic E-state index is -0.273. The first-order valence-corrected chi connectivity index (χ1v) is 7.43. The molecule has 2 N–H and O–H groups in total. The van der Waals surface area contributed by atoms with E-state index in [1.807, 2.05) is 6.92 Å². The fourth-order valence-electron chi connectivity index (χ4n) is 1.94. The predicted molar refractivity (Wildman–Crippen MR) is 88.3 cm³/mol. The highest BCUT2D eigenvalue weighted by Crippen LogP contribution is 2.09. The molecule has 1 aromatic carbocycles. The van der Waals surface area contributed by atoms with Crippen LogP contribution in [-0.4, -0.2) is 20.9 Å². The minimum Gasteiger partial charge on any atom is -0.288 e. The molecule has 0 saturated carbocycles. The highest BCUT2D eigenvalue weighted by Gasteiger charge is 2.01. The van der Waals surface area contributed by atoms with Crippen molar-refractivity contribution < 1.29 is 0 Å². The van der Waals surface area contributed by atoms with Crippen molar-refractivity contribution in [1.82, 2.24) is 15.2 Å². The van der Waals surface area contributed by atoms with Gasteiger partial charge in [-0.15, -0.1) is 10.2 Å². The largest absolute Gasteiger partial charge is 0.288 e. The third kappa shape index (κ3) is 4.25. The van der Waals surface area contributed by atoms with E-state index in [1.54, 1.807) is 6.92 Å². The fraction of sp³-hybridized carbons (Fsp3) is 0.375. The summed E-state index contributed by atoms with van der Waals surface area (Å²) in [5, 5.41) is 11.8. The van der Waals surface area contributed by atoms with Crippen LogP contribution in [0.25, 0.3) is 0 Å². The average molecular weight is 299 g/mol. The van der Waals surface area contributed by atoms with Crippen LogP contribution in [0.2, 0.25) is 0 Å². The summed E-state index contributed by atoms with van der Waals surface area (Å²) in [5.41, 5.74) is 5.94. The van der Waals surface area contributed by atoms with Crippen molar-refractivity contribution in [3.63, 3.8) is 0 Å². The molecule has 1 heterocycles. The quantitative estimate of drug-likeness (QED) is 0.634. The van der Waals surface area contributed by atoms with E-state index in [4.69, 9.17) is 0 Å². The van der Waals surface area contributed by atoms with Gasteiger partial charge in [0.1, 0.15) is 5.69 Å². The maximum absolute atomic E-state index is 11.4. The number of H-pyrrole nitrogens is 1. The Morgan fingerprint density at radius 1 is 1.27 bits per heavy atom. The number of aromatic amines is 1. The smallest absolute Gasteiger partial charge is 0.274 e. The SMILES string of the molecule is CCCCc1ccc(/C(C)=N\Nc2nnc(C)c(=O)[nH]2)cc1. The van der Waals surface area contributed by atoms with Gasteiger partial charge in [0.15, 0.2) is 0 Å². The molecule has 0 aliphatic carbocycles. The van der Waals surface area contributed by atoms with Crippen molar-refractivity contribution in [2.45, 2.75) is 40.0 Å². The number of hydrazone groups is 1. The van der Waals surface area contributed by atoms with Crippen LogP contribution in [0, 0.1) is 6.92 Å². The predicted octanol–water partition coefficient (Wildman–Crippen LogP) is 2.65. The summed E-state index contributed by atoms with van der Waals surface area (Å²) in [5.74, 6) is 0.231. The highest BCUT2D eigenvalue weighted by molar-refractivity contribution is 5.99. The summed E-state index contributed by atoms with van der Waals surface area (Å²) in [4.78, 5) is 14.0. The van der Waals surface area contributed by atoms with Gasteiger partial charge in [-0.2, -0.15) is 5.10 Å². The van der Waals surface area contributed by atoms with Gasteiger partial charge in [-0.3, -0.25) is 9.78 Å². The average Bonchev–Trinajstić information content (AvgIpc) is 2.54. The Morgan fingerprint density at radius 3 is 2.64 bits per heavy atom. The number of aromatic nitrogens is 3. The van der Waals surface area contributed by atoms with Gasteiger partial charge < -0.3 is 0 Å². The molecule has 0 radical (unpaired) electrons. The van der Waals surface area contributed by atoms with E-state index in [0.29, 0.717) is 5.69 Å². The molecule has 1 aromatic heterocycles. The minimum absolute atomic E-state index is 0.231. The number of unbranched alkanes of at least 4 members (excludes halogenated alkanes) is 1. The zero-order valence-electron chi connectivity index (χ0n) is 13.2. The molecule has 2 aromatic rings. The van der Waals surface area contributed by atoms with E-state index < -0.39 is 0 Å². The Labute approximate surface area is 129 Å². The molecule has 22 heavy (non-hydrogen) atoms. The zero-order valence-corrected chi connectivity index (χ0v) is 13.2. The normalized spacial score (nSPS) is 11.5. The first kappa shape index (κ1) is 15.9. The number of benzene rings is 1. The Balaban J connectivity index is 2.05. The van der Waals surface area contributed by atoms with Crippen molar-refractivity contribution in [3.05, 3.63) is 51.4 Å². The van der Waals surface area contributed by atoms with Gasteiger partial charge in [-0.05, 0) is 37.8 Å². The summed E-state index contributed by atoms with van der Waals surface area (Å²) < 4.78 is 0. The van der Waals surface area contributed by atoms with E-state index in [0.717, 1.165) is 17.7 Å². The van der Waals surface area contributed by atoms with E-state index in [1.165, 1.54) is 18.4 Å². The Hall–Kier alpha value is -2.50. The zero-order chi connectivity index (χ0) is 15.9. The molecule has 6 nitrogen and oxygen atoms in total. The number of anilines is 1. The number of nitrogens with one attached hydrogen (secondary N) is 2. The molecule has 0 saturated heterocycles. The van der Waals surface area contributed by atoms with E-state index in [-0.39, 0.29) is 11.5 Å². The number of nitrogens with zero attached hydrogens (tertiary/aromatic N) is 3. The summed E-state index contributed by atoms with van der Waals surface area (Å²) in [6.07, 6.45) is 3.50. The number of rotatable bonds is 6. The Bertz CT molecular complexity index is 703. The summed E-state index contributed by atoms with van der Waals surface area (Å²) >= 11 is 0.